The Labute approximate surface area is 89.9 Å². The number of halogens is 2. The SMILES string of the molecule is CC1CN(CC(Cl)=CCl)CC(C)N1. The maximum absolute atomic E-state index is 5.86. The van der Waals surface area contributed by atoms with Crippen molar-refractivity contribution >= 4 is 23.2 Å². The highest BCUT2D eigenvalue weighted by atomic mass is 35.5. The topological polar surface area (TPSA) is 15.3 Å². The van der Waals surface area contributed by atoms with Crippen molar-refractivity contribution in [2.45, 2.75) is 25.9 Å². The monoisotopic (exact) mass is 222 g/mol. The fraction of sp³-hybridized carbons (Fsp3) is 0.778. The van der Waals surface area contributed by atoms with E-state index >= 15 is 0 Å². The average Bonchev–Trinajstić information content (AvgIpc) is 2.02. The lowest BCUT2D eigenvalue weighted by atomic mass is 10.1. The molecule has 0 aromatic carbocycles. The fourth-order valence-corrected chi connectivity index (χ4v) is 2.06. The van der Waals surface area contributed by atoms with Gasteiger partial charge in [-0.25, -0.2) is 0 Å². The molecule has 1 heterocycles. The second-order valence-corrected chi connectivity index (χ2v) is 4.42. The first-order valence-corrected chi connectivity index (χ1v) is 5.36. The quantitative estimate of drug-likeness (QED) is 0.770. The zero-order valence-corrected chi connectivity index (χ0v) is 9.57. The first-order valence-electron chi connectivity index (χ1n) is 4.55. The standard InChI is InChI=1S/C9H16Cl2N2/c1-7-4-13(5-8(2)12-7)6-9(11)3-10/h3,7-8,12H,4-6H2,1-2H3. The number of hydrogen-bond donors (Lipinski definition) is 1. The first kappa shape index (κ1) is 11.3. The molecular formula is C9H16Cl2N2. The number of nitrogens with one attached hydrogen (secondary N) is 1. The van der Waals surface area contributed by atoms with Crippen LogP contribution in [0, 0.1) is 0 Å². The Hall–Kier alpha value is 0.240. The van der Waals surface area contributed by atoms with E-state index < -0.39 is 0 Å². The molecule has 1 aliphatic rings. The molecule has 0 saturated carbocycles. The van der Waals surface area contributed by atoms with Gasteiger partial charge in [0.2, 0.25) is 0 Å². The average molecular weight is 223 g/mol. The van der Waals surface area contributed by atoms with E-state index in [0.717, 1.165) is 19.6 Å². The molecular weight excluding hydrogens is 207 g/mol. The first-order chi connectivity index (χ1) is 6.11. The highest BCUT2D eigenvalue weighted by Gasteiger charge is 2.20. The summed E-state index contributed by atoms with van der Waals surface area (Å²) in [7, 11) is 0. The number of nitrogens with zero attached hydrogens (tertiary/aromatic N) is 1. The summed E-state index contributed by atoms with van der Waals surface area (Å²) in [5, 5.41) is 4.17. The minimum absolute atomic E-state index is 0.531. The molecule has 0 amide bonds. The summed E-state index contributed by atoms with van der Waals surface area (Å²) in [6, 6.07) is 1.06. The Morgan fingerprint density at radius 2 is 2.00 bits per heavy atom. The van der Waals surface area contributed by atoms with E-state index in [4.69, 9.17) is 23.2 Å². The molecule has 2 nitrogen and oxygen atoms in total. The van der Waals surface area contributed by atoms with E-state index in [2.05, 4.69) is 24.1 Å². The smallest absolute Gasteiger partial charge is 0.0434 e. The molecule has 1 rings (SSSR count). The number of hydrogen-bond acceptors (Lipinski definition) is 2. The van der Waals surface area contributed by atoms with Gasteiger partial charge >= 0.3 is 0 Å². The van der Waals surface area contributed by atoms with Gasteiger partial charge in [0.05, 0.1) is 0 Å². The van der Waals surface area contributed by atoms with E-state index in [0.29, 0.717) is 17.1 Å². The van der Waals surface area contributed by atoms with Gasteiger partial charge < -0.3 is 5.32 Å². The Morgan fingerprint density at radius 1 is 1.46 bits per heavy atom. The van der Waals surface area contributed by atoms with Gasteiger partial charge in [-0.1, -0.05) is 23.2 Å². The third-order valence-corrected chi connectivity index (χ3v) is 2.73. The van der Waals surface area contributed by atoms with Crippen molar-refractivity contribution in [2.24, 2.45) is 0 Å². The van der Waals surface area contributed by atoms with E-state index in [9.17, 15) is 0 Å². The summed E-state index contributed by atoms with van der Waals surface area (Å²) in [6.07, 6.45) is 0. The van der Waals surface area contributed by atoms with Crippen molar-refractivity contribution in [2.75, 3.05) is 19.6 Å². The van der Waals surface area contributed by atoms with Crippen LogP contribution >= 0.6 is 23.2 Å². The predicted molar refractivity (Wildman–Crippen MR) is 58.3 cm³/mol. The Kier molecular flexibility index (Phi) is 4.53. The van der Waals surface area contributed by atoms with Gasteiger partial charge in [0.15, 0.2) is 0 Å². The van der Waals surface area contributed by atoms with Crippen LogP contribution in [0.25, 0.3) is 0 Å². The van der Waals surface area contributed by atoms with E-state index in [1.807, 2.05) is 0 Å². The molecule has 0 bridgehead atoms. The molecule has 1 N–H and O–H groups in total. The maximum Gasteiger partial charge on any atom is 0.0434 e. The van der Waals surface area contributed by atoms with Crippen LogP contribution in [0.1, 0.15) is 13.8 Å². The van der Waals surface area contributed by atoms with E-state index in [-0.39, 0.29) is 0 Å². The lowest BCUT2D eigenvalue weighted by Gasteiger charge is -2.35. The highest BCUT2D eigenvalue weighted by molar-refractivity contribution is 6.36. The minimum Gasteiger partial charge on any atom is -0.309 e. The number of piperazine rings is 1. The zero-order chi connectivity index (χ0) is 9.84. The van der Waals surface area contributed by atoms with Crippen LogP contribution in [0.2, 0.25) is 0 Å². The summed E-state index contributed by atoms with van der Waals surface area (Å²) < 4.78 is 0. The molecule has 1 aliphatic heterocycles. The Bertz CT molecular complexity index is 184. The van der Waals surface area contributed by atoms with Gasteiger partial charge in [-0.3, -0.25) is 4.90 Å². The van der Waals surface area contributed by atoms with Gasteiger partial charge in [0.1, 0.15) is 0 Å². The molecule has 0 spiro atoms. The van der Waals surface area contributed by atoms with Crippen molar-refractivity contribution in [3.05, 3.63) is 10.6 Å². The van der Waals surface area contributed by atoms with Gasteiger partial charge in [0, 0.05) is 42.3 Å². The summed E-state index contributed by atoms with van der Waals surface area (Å²) in [4.78, 5) is 2.31. The largest absolute Gasteiger partial charge is 0.309 e. The molecule has 13 heavy (non-hydrogen) atoms. The molecule has 1 fully saturated rings. The Balaban J connectivity index is 2.41. The van der Waals surface area contributed by atoms with Gasteiger partial charge in [-0.2, -0.15) is 0 Å². The van der Waals surface area contributed by atoms with Crippen molar-refractivity contribution < 1.29 is 0 Å². The van der Waals surface area contributed by atoms with Crippen LogP contribution in [0.4, 0.5) is 0 Å². The summed E-state index contributed by atoms with van der Waals surface area (Å²) in [5.74, 6) is 0. The van der Waals surface area contributed by atoms with Crippen molar-refractivity contribution in [3.63, 3.8) is 0 Å². The van der Waals surface area contributed by atoms with Crippen LogP contribution in [0.15, 0.2) is 10.6 Å². The van der Waals surface area contributed by atoms with Crippen LogP contribution in [-0.2, 0) is 0 Å². The van der Waals surface area contributed by atoms with Gasteiger partial charge in [-0.05, 0) is 13.8 Å². The second kappa shape index (κ2) is 5.20. The zero-order valence-electron chi connectivity index (χ0n) is 8.06. The predicted octanol–water partition coefficient (Wildman–Crippen LogP) is 1.99. The lowest BCUT2D eigenvalue weighted by molar-refractivity contribution is 0.188. The third kappa shape index (κ3) is 3.86. The van der Waals surface area contributed by atoms with Crippen molar-refractivity contribution in [3.8, 4) is 0 Å². The molecule has 2 atom stereocenters. The molecule has 2 unspecified atom stereocenters. The molecule has 0 aromatic heterocycles. The second-order valence-electron chi connectivity index (χ2n) is 3.72. The van der Waals surface area contributed by atoms with Gasteiger partial charge in [0.25, 0.3) is 0 Å². The van der Waals surface area contributed by atoms with Crippen molar-refractivity contribution in [1.82, 2.24) is 10.2 Å². The summed E-state index contributed by atoms with van der Waals surface area (Å²) in [5.41, 5.74) is 1.44. The molecule has 76 valence electrons. The minimum atomic E-state index is 0.531. The molecule has 4 heteroatoms. The van der Waals surface area contributed by atoms with E-state index in [1.54, 1.807) is 0 Å². The highest BCUT2D eigenvalue weighted by Crippen LogP contribution is 2.10. The van der Waals surface area contributed by atoms with Crippen LogP contribution < -0.4 is 5.32 Å². The molecule has 1 saturated heterocycles. The molecule has 0 aliphatic carbocycles. The third-order valence-electron chi connectivity index (χ3n) is 2.13. The van der Waals surface area contributed by atoms with Gasteiger partial charge in [-0.15, -0.1) is 0 Å². The van der Waals surface area contributed by atoms with E-state index in [1.165, 1.54) is 5.54 Å². The normalized spacial score (nSPS) is 32.2. The Morgan fingerprint density at radius 3 is 2.46 bits per heavy atom. The summed E-state index contributed by atoms with van der Waals surface area (Å²) in [6.45, 7) is 7.19. The number of rotatable bonds is 2. The fourth-order valence-electron chi connectivity index (χ4n) is 1.82. The lowest BCUT2D eigenvalue weighted by Crippen LogP contribution is -2.54. The summed E-state index contributed by atoms with van der Waals surface area (Å²) >= 11 is 11.4. The maximum atomic E-state index is 5.86. The van der Waals surface area contributed by atoms with Crippen LogP contribution in [-0.4, -0.2) is 36.6 Å². The van der Waals surface area contributed by atoms with Crippen LogP contribution in [0.5, 0.6) is 0 Å². The molecule has 0 aromatic rings. The van der Waals surface area contributed by atoms with Crippen LogP contribution in [0.3, 0.4) is 0 Å². The van der Waals surface area contributed by atoms with Crippen molar-refractivity contribution in [1.29, 1.82) is 0 Å². The molecule has 0 radical (unpaired) electrons.